The Labute approximate surface area is 96.6 Å². The van der Waals surface area contributed by atoms with Crippen LogP contribution in [0.3, 0.4) is 0 Å². The molecule has 16 heavy (non-hydrogen) atoms. The molecule has 0 saturated carbocycles. The molecule has 1 atom stereocenters. The van der Waals surface area contributed by atoms with E-state index >= 15 is 0 Å². The smallest absolute Gasteiger partial charge is 0.226 e. The molecule has 5 nitrogen and oxygen atoms in total. The zero-order chi connectivity index (χ0) is 11.8. The van der Waals surface area contributed by atoms with E-state index in [1.165, 1.54) is 0 Å². The molecule has 0 saturated heterocycles. The van der Waals surface area contributed by atoms with E-state index in [0.29, 0.717) is 24.4 Å². The molecule has 0 aliphatic carbocycles. The van der Waals surface area contributed by atoms with Crippen molar-refractivity contribution in [1.82, 2.24) is 15.5 Å². The molecule has 0 aromatic carbocycles. The predicted molar refractivity (Wildman–Crippen MR) is 61.1 cm³/mol. The summed E-state index contributed by atoms with van der Waals surface area (Å²) >= 11 is 0. The summed E-state index contributed by atoms with van der Waals surface area (Å²) in [6, 6.07) is 0.484. The van der Waals surface area contributed by atoms with Gasteiger partial charge >= 0.3 is 0 Å². The molecular weight excluding hydrogens is 206 g/mol. The molecule has 0 aliphatic heterocycles. The molecule has 1 N–H and O–H groups in total. The normalized spacial score (nSPS) is 12.9. The van der Waals surface area contributed by atoms with Gasteiger partial charge in [0.05, 0.1) is 0 Å². The Balaban J connectivity index is 2.25. The van der Waals surface area contributed by atoms with Gasteiger partial charge in [-0.1, -0.05) is 12.1 Å². The highest BCUT2D eigenvalue weighted by Gasteiger charge is 2.08. The number of hydrogen-bond donors (Lipinski definition) is 1. The third-order valence-electron chi connectivity index (χ3n) is 2.32. The maximum Gasteiger partial charge on any atom is 0.226 e. The highest BCUT2D eigenvalue weighted by Crippen LogP contribution is 2.04. The van der Waals surface area contributed by atoms with Crippen molar-refractivity contribution in [3.8, 4) is 0 Å². The largest absolute Gasteiger partial charge is 0.377 e. The fourth-order valence-electron chi connectivity index (χ4n) is 1.41. The first-order valence-electron chi connectivity index (χ1n) is 5.80. The summed E-state index contributed by atoms with van der Waals surface area (Å²) in [6.07, 6.45) is 2.98. The monoisotopic (exact) mass is 227 g/mol. The second-order valence-electron chi connectivity index (χ2n) is 3.93. The Kier molecular flexibility index (Phi) is 6.03. The number of aryl methyl sites for hydroxylation is 1. The van der Waals surface area contributed by atoms with Crippen LogP contribution < -0.4 is 5.32 Å². The Hall–Kier alpha value is -0.940. The van der Waals surface area contributed by atoms with Crippen LogP contribution in [0.15, 0.2) is 4.52 Å². The lowest BCUT2D eigenvalue weighted by Crippen LogP contribution is -2.27. The summed E-state index contributed by atoms with van der Waals surface area (Å²) in [5, 5.41) is 7.23. The van der Waals surface area contributed by atoms with Crippen LogP contribution in [0.5, 0.6) is 0 Å². The van der Waals surface area contributed by atoms with E-state index < -0.39 is 0 Å². The second kappa shape index (κ2) is 7.35. The Morgan fingerprint density at radius 1 is 1.50 bits per heavy atom. The fraction of sp³-hybridized carbons (Fsp3) is 0.818. The van der Waals surface area contributed by atoms with Crippen LogP contribution >= 0.6 is 0 Å². The third kappa shape index (κ3) is 4.72. The highest BCUT2D eigenvalue weighted by atomic mass is 16.5. The van der Waals surface area contributed by atoms with Crippen LogP contribution in [-0.4, -0.2) is 29.8 Å². The van der Waals surface area contributed by atoms with Gasteiger partial charge in [0.2, 0.25) is 5.89 Å². The van der Waals surface area contributed by atoms with Crippen LogP contribution in [0.25, 0.3) is 0 Å². The molecule has 0 radical (unpaired) electrons. The Morgan fingerprint density at radius 2 is 2.31 bits per heavy atom. The van der Waals surface area contributed by atoms with Gasteiger partial charge in [0, 0.05) is 19.6 Å². The van der Waals surface area contributed by atoms with Gasteiger partial charge in [-0.3, -0.25) is 0 Å². The summed E-state index contributed by atoms with van der Waals surface area (Å²) in [7, 11) is 1.62. The summed E-state index contributed by atoms with van der Waals surface area (Å²) in [5.41, 5.74) is 0. The van der Waals surface area contributed by atoms with E-state index in [-0.39, 0.29) is 0 Å². The molecule has 1 unspecified atom stereocenters. The quantitative estimate of drug-likeness (QED) is 0.730. The van der Waals surface area contributed by atoms with Crippen molar-refractivity contribution < 1.29 is 9.26 Å². The molecular formula is C11H21N3O2. The predicted octanol–water partition coefficient (Wildman–Crippen LogP) is 1.54. The zero-order valence-electron chi connectivity index (χ0n) is 10.3. The molecule has 5 heteroatoms. The molecule has 0 amide bonds. The average molecular weight is 227 g/mol. The number of rotatable bonds is 8. The zero-order valence-corrected chi connectivity index (χ0v) is 10.3. The number of hydrogen-bond acceptors (Lipinski definition) is 5. The van der Waals surface area contributed by atoms with E-state index in [2.05, 4.69) is 29.3 Å². The van der Waals surface area contributed by atoms with Crippen molar-refractivity contribution >= 4 is 0 Å². The molecule has 0 spiro atoms. The van der Waals surface area contributed by atoms with Crippen molar-refractivity contribution in [2.45, 2.75) is 45.8 Å². The van der Waals surface area contributed by atoms with Crippen molar-refractivity contribution in [2.75, 3.05) is 13.7 Å². The second-order valence-corrected chi connectivity index (χ2v) is 3.93. The van der Waals surface area contributed by atoms with E-state index in [1.54, 1.807) is 7.11 Å². The van der Waals surface area contributed by atoms with Crippen molar-refractivity contribution in [3.63, 3.8) is 0 Å². The SMILES string of the molecule is CCCNC(C)CCc1nc(COC)no1. The maximum atomic E-state index is 5.10. The summed E-state index contributed by atoms with van der Waals surface area (Å²) in [5.74, 6) is 1.31. The van der Waals surface area contributed by atoms with Gasteiger partial charge in [0.25, 0.3) is 0 Å². The first kappa shape index (κ1) is 13.1. The average Bonchev–Trinajstić information content (AvgIpc) is 2.72. The fourth-order valence-corrected chi connectivity index (χ4v) is 1.41. The van der Waals surface area contributed by atoms with Gasteiger partial charge in [-0.2, -0.15) is 4.98 Å². The summed E-state index contributed by atoms with van der Waals surface area (Å²) in [6.45, 7) is 5.80. The molecule has 92 valence electrons. The molecule has 1 aromatic rings. The van der Waals surface area contributed by atoms with Gasteiger partial charge in [-0.15, -0.1) is 0 Å². The number of methoxy groups -OCH3 is 1. The topological polar surface area (TPSA) is 60.2 Å². The molecule has 0 fully saturated rings. The van der Waals surface area contributed by atoms with Crippen LogP contribution in [0.1, 0.15) is 38.4 Å². The lowest BCUT2D eigenvalue weighted by Gasteiger charge is -2.10. The standard InChI is InChI=1S/C11H21N3O2/c1-4-7-12-9(2)5-6-11-13-10(8-15-3)14-16-11/h9,12H,4-8H2,1-3H3. The van der Waals surface area contributed by atoms with Crippen molar-refractivity contribution in [3.05, 3.63) is 11.7 Å². The maximum absolute atomic E-state index is 5.10. The van der Waals surface area contributed by atoms with Gasteiger partial charge in [-0.05, 0) is 26.3 Å². The summed E-state index contributed by atoms with van der Waals surface area (Å²) in [4.78, 5) is 4.22. The van der Waals surface area contributed by atoms with E-state index in [9.17, 15) is 0 Å². The van der Waals surface area contributed by atoms with Gasteiger partial charge in [-0.25, -0.2) is 0 Å². The van der Waals surface area contributed by atoms with Crippen LogP contribution in [0.4, 0.5) is 0 Å². The van der Waals surface area contributed by atoms with Crippen LogP contribution in [0, 0.1) is 0 Å². The van der Waals surface area contributed by atoms with Crippen molar-refractivity contribution in [2.24, 2.45) is 0 Å². The number of ether oxygens (including phenoxy) is 1. The summed E-state index contributed by atoms with van der Waals surface area (Å²) < 4.78 is 10.0. The number of aromatic nitrogens is 2. The molecule has 0 aliphatic rings. The first-order chi connectivity index (χ1) is 7.76. The Morgan fingerprint density at radius 3 is 3.00 bits per heavy atom. The minimum atomic E-state index is 0.410. The third-order valence-corrected chi connectivity index (χ3v) is 2.32. The first-order valence-corrected chi connectivity index (χ1v) is 5.80. The minimum Gasteiger partial charge on any atom is -0.377 e. The van der Waals surface area contributed by atoms with Gasteiger partial charge < -0.3 is 14.6 Å². The van der Waals surface area contributed by atoms with E-state index in [4.69, 9.17) is 9.26 Å². The van der Waals surface area contributed by atoms with Gasteiger partial charge in [0.1, 0.15) is 6.61 Å². The minimum absolute atomic E-state index is 0.410. The van der Waals surface area contributed by atoms with Crippen molar-refractivity contribution in [1.29, 1.82) is 0 Å². The highest BCUT2D eigenvalue weighted by molar-refractivity contribution is 4.85. The number of nitrogens with one attached hydrogen (secondary N) is 1. The van der Waals surface area contributed by atoms with E-state index in [1.807, 2.05) is 0 Å². The molecule has 1 rings (SSSR count). The molecule has 0 bridgehead atoms. The Bertz CT molecular complexity index is 289. The lowest BCUT2D eigenvalue weighted by atomic mass is 10.2. The van der Waals surface area contributed by atoms with Crippen LogP contribution in [0.2, 0.25) is 0 Å². The molecule has 1 heterocycles. The van der Waals surface area contributed by atoms with E-state index in [0.717, 1.165) is 25.8 Å². The molecule has 1 aromatic heterocycles. The van der Waals surface area contributed by atoms with Crippen LogP contribution in [-0.2, 0) is 17.8 Å². The lowest BCUT2D eigenvalue weighted by molar-refractivity contribution is 0.174. The number of nitrogens with zero attached hydrogens (tertiary/aromatic N) is 2. The van der Waals surface area contributed by atoms with Gasteiger partial charge in [0.15, 0.2) is 5.82 Å².